The molecule has 78 valence electrons. The van der Waals surface area contributed by atoms with Gasteiger partial charge in [-0.3, -0.25) is 0 Å². The lowest BCUT2D eigenvalue weighted by atomic mass is 9.88. The summed E-state index contributed by atoms with van der Waals surface area (Å²) in [5, 5.41) is 45.9. The van der Waals surface area contributed by atoms with Crippen LogP contribution in [0.25, 0.3) is 0 Å². The largest absolute Gasteiger partial charge is 0.394 e. The molecule has 6 nitrogen and oxygen atoms in total. The Hall–Kier alpha value is -0.240. The van der Waals surface area contributed by atoms with Crippen molar-refractivity contribution in [2.75, 3.05) is 6.61 Å². The standard InChI is InChI=1S/C7H14O6/c1-7(12)5(10)4(9)3(2-8)13-6(7)11/h3-6,8-12H,2H2,1H3/t3-,4+,5+,6+,7+/m1/s1. The van der Waals surface area contributed by atoms with Gasteiger partial charge in [-0.1, -0.05) is 0 Å². The fraction of sp³-hybridized carbons (Fsp3) is 1.00. The Bertz CT molecular complexity index is 182. The van der Waals surface area contributed by atoms with Crippen molar-refractivity contribution in [2.24, 2.45) is 0 Å². The molecular formula is C7H14O6. The highest BCUT2D eigenvalue weighted by Crippen LogP contribution is 2.27. The molecule has 1 fully saturated rings. The van der Waals surface area contributed by atoms with Gasteiger partial charge in [0.05, 0.1) is 6.61 Å². The van der Waals surface area contributed by atoms with Crippen molar-refractivity contribution in [3.8, 4) is 0 Å². The Balaban J connectivity index is 2.79. The fourth-order valence-corrected chi connectivity index (χ4v) is 1.23. The minimum Gasteiger partial charge on any atom is -0.394 e. The third-order valence-corrected chi connectivity index (χ3v) is 2.29. The zero-order valence-corrected chi connectivity index (χ0v) is 7.16. The lowest BCUT2D eigenvalue weighted by molar-refractivity contribution is -0.323. The van der Waals surface area contributed by atoms with E-state index in [9.17, 15) is 20.4 Å². The van der Waals surface area contributed by atoms with Crippen LogP contribution < -0.4 is 0 Å². The Morgan fingerprint density at radius 3 is 2.31 bits per heavy atom. The van der Waals surface area contributed by atoms with Gasteiger partial charge >= 0.3 is 0 Å². The lowest BCUT2D eigenvalue weighted by Crippen LogP contribution is -2.65. The molecule has 0 bridgehead atoms. The molecule has 0 unspecified atom stereocenters. The first-order chi connectivity index (χ1) is 5.91. The van der Waals surface area contributed by atoms with Gasteiger partial charge in [0.25, 0.3) is 0 Å². The Morgan fingerprint density at radius 2 is 1.85 bits per heavy atom. The highest BCUT2D eigenvalue weighted by molar-refractivity contribution is 4.96. The minimum absolute atomic E-state index is 0.536. The average molecular weight is 194 g/mol. The Labute approximate surface area is 75.0 Å². The van der Waals surface area contributed by atoms with E-state index in [0.29, 0.717) is 0 Å². The van der Waals surface area contributed by atoms with Crippen LogP contribution in [0.5, 0.6) is 0 Å². The van der Waals surface area contributed by atoms with Gasteiger partial charge < -0.3 is 30.3 Å². The van der Waals surface area contributed by atoms with E-state index in [1.807, 2.05) is 0 Å². The first kappa shape index (κ1) is 10.8. The van der Waals surface area contributed by atoms with Crippen molar-refractivity contribution in [3.63, 3.8) is 0 Å². The second kappa shape index (κ2) is 3.49. The topological polar surface area (TPSA) is 110 Å². The SMILES string of the molecule is C[C@@]1(O)[C@@H](O)O[C@H](CO)[C@H](O)[C@@H]1O. The van der Waals surface area contributed by atoms with Crippen LogP contribution in [0.4, 0.5) is 0 Å². The number of hydrogen-bond acceptors (Lipinski definition) is 6. The minimum atomic E-state index is -1.93. The maximum absolute atomic E-state index is 9.43. The smallest absolute Gasteiger partial charge is 0.186 e. The van der Waals surface area contributed by atoms with E-state index in [1.165, 1.54) is 0 Å². The molecule has 0 spiro atoms. The van der Waals surface area contributed by atoms with Crippen LogP contribution in [0.15, 0.2) is 0 Å². The highest BCUT2D eigenvalue weighted by Gasteiger charge is 2.50. The van der Waals surface area contributed by atoms with Crippen molar-refractivity contribution >= 4 is 0 Å². The van der Waals surface area contributed by atoms with Gasteiger partial charge in [-0.2, -0.15) is 0 Å². The number of aliphatic hydroxyl groups excluding tert-OH is 4. The quantitative estimate of drug-likeness (QED) is 0.308. The summed E-state index contributed by atoms with van der Waals surface area (Å²) in [6, 6.07) is 0. The summed E-state index contributed by atoms with van der Waals surface area (Å²) in [7, 11) is 0. The van der Waals surface area contributed by atoms with Crippen LogP contribution in [0.2, 0.25) is 0 Å². The molecule has 6 heteroatoms. The molecular weight excluding hydrogens is 180 g/mol. The summed E-state index contributed by atoms with van der Waals surface area (Å²) >= 11 is 0. The maximum atomic E-state index is 9.43. The van der Waals surface area contributed by atoms with Gasteiger partial charge in [-0.15, -0.1) is 0 Å². The molecule has 1 saturated heterocycles. The van der Waals surface area contributed by atoms with Crippen molar-refractivity contribution in [2.45, 2.75) is 37.1 Å². The first-order valence-corrected chi connectivity index (χ1v) is 3.94. The molecule has 0 aromatic heterocycles. The monoisotopic (exact) mass is 194 g/mol. The van der Waals surface area contributed by atoms with E-state index >= 15 is 0 Å². The summed E-state index contributed by atoms with van der Waals surface area (Å²) in [6.45, 7) is 0.602. The van der Waals surface area contributed by atoms with E-state index in [1.54, 1.807) is 0 Å². The normalized spacial score (nSPS) is 52.2. The third-order valence-electron chi connectivity index (χ3n) is 2.29. The molecule has 5 N–H and O–H groups in total. The molecule has 0 aliphatic carbocycles. The summed E-state index contributed by atoms with van der Waals surface area (Å²) in [6.07, 6.45) is -5.66. The predicted molar refractivity (Wildman–Crippen MR) is 40.6 cm³/mol. The Kier molecular flexibility index (Phi) is 2.91. The molecule has 5 atom stereocenters. The van der Waals surface area contributed by atoms with Crippen LogP contribution in [0, 0.1) is 0 Å². The number of hydrogen-bond donors (Lipinski definition) is 5. The molecule has 1 heterocycles. The summed E-state index contributed by atoms with van der Waals surface area (Å²) in [4.78, 5) is 0. The molecule has 0 saturated carbocycles. The van der Waals surface area contributed by atoms with E-state index in [2.05, 4.69) is 4.74 Å². The number of rotatable bonds is 1. The van der Waals surface area contributed by atoms with Gasteiger partial charge in [0.1, 0.15) is 23.9 Å². The molecule has 13 heavy (non-hydrogen) atoms. The summed E-state index contributed by atoms with van der Waals surface area (Å²) in [5.41, 5.74) is -1.93. The molecule has 0 amide bonds. The molecule has 0 aromatic carbocycles. The first-order valence-electron chi connectivity index (χ1n) is 3.94. The average Bonchev–Trinajstić information content (AvgIpc) is 2.09. The molecule has 0 aromatic rings. The maximum Gasteiger partial charge on any atom is 0.186 e. The highest BCUT2D eigenvalue weighted by atomic mass is 16.6. The molecule has 1 aliphatic rings. The van der Waals surface area contributed by atoms with Crippen LogP contribution in [0.3, 0.4) is 0 Å². The summed E-state index contributed by atoms with van der Waals surface area (Å²) < 4.78 is 4.68. The molecule has 1 aliphatic heterocycles. The van der Waals surface area contributed by atoms with Crippen molar-refractivity contribution < 1.29 is 30.3 Å². The van der Waals surface area contributed by atoms with E-state index < -0.39 is 36.8 Å². The van der Waals surface area contributed by atoms with Gasteiger partial charge in [0.15, 0.2) is 6.29 Å². The van der Waals surface area contributed by atoms with Crippen molar-refractivity contribution in [3.05, 3.63) is 0 Å². The number of ether oxygens (including phenoxy) is 1. The fourth-order valence-electron chi connectivity index (χ4n) is 1.23. The van der Waals surface area contributed by atoms with Crippen LogP contribution in [0.1, 0.15) is 6.92 Å². The lowest BCUT2D eigenvalue weighted by Gasteiger charge is -2.43. The zero-order valence-electron chi connectivity index (χ0n) is 7.16. The van der Waals surface area contributed by atoms with E-state index in [0.717, 1.165) is 6.92 Å². The Morgan fingerprint density at radius 1 is 1.31 bits per heavy atom. The summed E-state index contributed by atoms with van der Waals surface area (Å²) in [5.74, 6) is 0. The van der Waals surface area contributed by atoms with Crippen LogP contribution in [-0.2, 0) is 4.74 Å². The van der Waals surface area contributed by atoms with Crippen LogP contribution >= 0.6 is 0 Å². The predicted octanol–water partition coefficient (Wildman–Crippen LogP) is -2.83. The van der Waals surface area contributed by atoms with Gasteiger partial charge in [-0.05, 0) is 6.92 Å². The van der Waals surface area contributed by atoms with Crippen LogP contribution in [-0.4, -0.2) is 62.3 Å². The second-order valence-corrected chi connectivity index (χ2v) is 3.37. The van der Waals surface area contributed by atoms with Crippen molar-refractivity contribution in [1.82, 2.24) is 0 Å². The number of aliphatic hydroxyl groups is 5. The van der Waals surface area contributed by atoms with Gasteiger partial charge in [0.2, 0.25) is 0 Å². The van der Waals surface area contributed by atoms with E-state index in [-0.39, 0.29) is 0 Å². The third kappa shape index (κ3) is 1.69. The zero-order chi connectivity index (χ0) is 10.2. The van der Waals surface area contributed by atoms with E-state index in [4.69, 9.17) is 5.11 Å². The second-order valence-electron chi connectivity index (χ2n) is 3.37. The molecule has 1 rings (SSSR count). The van der Waals surface area contributed by atoms with Gasteiger partial charge in [-0.25, -0.2) is 0 Å². The molecule has 0 radical (unpaired) electrons. The van der Waals surface area contributed by atoms with Crippen molar-refractivity contribution in [1.29, 1.82) is 0 Å². The van der Waals surface area contributed by atoms with Gasteiger partial charge in [0, 0.05) is 0 Å².